The maximum Gasteiger partial charge on any atom is 0.191 e. The second kappa shape index (κ2) is 9.25. The SMILES string of the molecule is CN=C(NCC(C)Oc1ccc(OC)cc1)NCC1CCCO1. The van der Waals surface area contributed by atoms with Gasteiger partial charge in [-0.15, -0.1) is 0 Å². The van der Waals surface area contributed by atoms with Gasteiger partial charge in [-0.25, -0.2) is 0 Å². The Bertz CT molecular complexity index is 484. The van der Waals surface area contributed by atoms with Crippen molar-refractivity contribution in [3.05, 3.63) is 24.3 Å². The zero-order valence-corrected chi connectivity index (χ0v) is 14.2. The molecule has 2 rings (SSSR count). The second-order valence-electron chi connectivity index (χ2n) is 5.57. The fraction of sp³-hybridized carbons (Fsp3) is 0.588. The molecule has 1 aromatic rings. The van der Waals surface area contributed by atoms with E-state index in [2.05, 4.69) is 15.6 Å². The van der Waals surface area contributed by atoms with Gasteiger partial charge in [0, 0.05) is 20.2 Å². The van der Waals surface area contributed by atoms with Crippen molar-refractivity contribution in [2.45, 2.75) is 32.0 Å². The van der Waals surface area contributed by atoms with Crippen molar-refractivity contribution in [2.75, 3.05) is 33.9 Å². The van der Waals surface area contributed by atoms with E-state index >= 15 is 0 Å². The summed E-state index contributed by atoms with van der Waals surface area (Å²) < 4.78 is 16.6. The highest BCUT2D eigenvalue weighted by molar-refractivity contribution is 5.79. The molecule has 1 heterocycles. The molecule has 1 aliphatic heterocycles. The summed E-state index contributed by atoms with van der Waals surface area (Å²) in [6.45, 7) is 4.33. The van der Waals surface area contributed by atoms with Crippen LogP contribution in [0.5, 0.6) is 11.5 Å². The average Bonchev–Trinajstić information content (AvgIpc) is 3.09. The highest BCUT2D eigenvalue weighted by atomic mass is 16.5. The van der Waals surface area contributed by atoms with Crippen LogP contribution in [-0.2, 0) is 4.74 Å². The van der Waals surface area contributed by atoms with Crippen LogP contribution in [0.15, 0.2) is 29.3 Å². The van der Waals surface area contributed by atoms with Gasteiger partial charge < -0.3 is 24.8 Å². The highest BCUT2D eigenvalue weighted by Gasteiger charge is 2.15. The highest BCUT2D eigenvalue weighted by Crippen LogP contribution is 2.17. The lowest BCUT2D eigenvalue weighted by molar-refractivity contribution is 0.113. The van der Waals surface area contributed by atoms with Crippen molar-refractivity contribution in [3.8, 4) is 11.5 Å². The lowest BCUT2D eigenvalue weighted by atomic mass is 10.2. The van der Waals surface area contributed by atoms with Gasteiger partial charge in [-0.05, 0) is 44.0 Å². The maximum atomic E-state index is 5.86. The fourth-order valence-electron chi connectivity index (χ4n) is 2.41. The first-order valence-corrected chi connectivity index (χ1v) is 8.08. The van der Waals surface area contributed by atoms with E-state index in [1.807, 2.05) is 31.2 Å². The number of rotatable bonds is 7. The minimum absolute atomic E-state index is 0.0182. The van der Waals surface area contributed by atoms with Crippen LogP contribution in [0.3, 0.4) is 0 Å². The number of guanidine groups is 1. The van der Waals surface area contributed by atoms with E-state index in [1.54, 1.807) is 14.2 Å². The van der Waals surface area contributed by atoms with Crippen LogP contribution in [-0.4, -0.2) is 52.0 Å². The van der Waals surface area contributed by atoms with Crippen LogP contribution in [0.4, 0.5) is 0 Å². The van der Waals surface area contributed by atoms with Gasteiger partial charge >= 0.3 is 0 Å². The first-order valence-electron chi connectivity index (χ1n) is 8.08. The van der Waals surface area contributed by atoms with Crippen LogP contribution >= 0.6 is 0 Å². The predicted octanol–water partition coefficient (Wildman–Crippen LogP) is 1.81. The summed E-state index contributed by atoms with van der Waals surface area (Å²) in [5.41, 5.74) is 0. The normalized spacial score (nSPS) is 19.3. The van der Waals surface area contributed by atoms with Gasteiger partial charge in [0.25, 0.3) is 0 Å². The molecule has 128 valence electrons. The first kappa shape index (κ1) is 17.4. The van der Waals surface area contributed by atoms with Crippen molar-refractivity contribution >= 4 is 5.96 Å². The second-order valence-corrected chi connectivity index (χ2v) is 5.57. The molecule has 6 heteroatoms. The van der Waals surface area contributed by atoms with E-state index < -0.39 is 0 Å². The van der Waals surface area contributed by atoms with Gasteiger partial charge in [0.1, 0.15) is 17.6 Å². The van der Waals surface area contributed by atoms with Crippen LogP contribution in [0.1, 0.15) is 19.8 Å². The van der Waals surface area contributed by atoms with Crippen molar-refractivity contribution in [3.63, 3.8) is 0 Å². The summed E-state index contributed by atoms with van der Waals surface area (Å²) in [4.78, 5) is 4.22. The molecule has 0 bridgehead atoms. The molecule has 0 spiro atoms. The Labute approximate surface area is 138 Å². The minimum Gasteiger partial charge on any atom is -0.497 e. The van der Waals surface area contributed by atoms with E-state index in [9.17, 15) is 0 Å². The van der Waals surface area contributed by atoms with Crippen molar-refractivity contribution in [1.29, 1.82) is 0 Å². The molecule has 1 saturated heterocycles. The zero-order valence-electron chi connectivity index (χ0n) is 14.2. The Hall–Kier alpha value is -1.95. The summed E-state index contributed by atoms with van der Waals surface area (Å²) in [6.07, 6.45) is 2.57. The molecule has 0 saturated carbocycles. The molecular weight excluding hydrogens is 294 g/mol. The number of nitrogens with zero attached hydrogens (tertiary/aromatic N) is 1. The topological polar surface area (TPSA) is 64.1 Å². The van der Waals surface area contributed by atoms with Gasteiger partial charge in [0.05, 0.1) is 19.8 Å². The summed E-state index contributed by atoms with van der Waals surface area (Å²) in [7, 11) is 3.41. The molecule has 2 N–H and O–H groups in total. The maximum absolute atomic E-state index is 5.86. The van der Waals surface area contributed by atoms with Crippen LogP contribution in [0, 0.1) is 0 Å². The summed E-state index contributed by atoms with van der Waals surface area (Å²) in [5.74, 6) is 2.41. The molecular formula is C17H27N3O3. The lowest BCUT2D eigenvalue weighted by Gasteiger charge is -2.19. The third-order valence-corrected chi connectivity index (χ3v) is 3.70. The molecule has 1 aromatic carbocycles. The van der Waals surface area contributed by atoms with Gasteiger partial charge in [-0.1, -0.05) is 0 Å². The molecule has 2 atom stereocenters. The molecule has 0 aromatic heterocycles. The van der Waals surface area contributed by atoms with Crippen molar-refractivity contribution < 1.29 is 14.2 Å². The van der Waals surface area contributed by atoms with Gasteiger partial charge in [-0.3, -0.25) is 4.99 Å². The van der Waals surface area contributed by atoms with Crippen LogP contribution in [0.2, 0.25) is 0 Å². The zero-order chi connectivity index (χ0) is 16.5. The number of ether oxygens (including phenoxy) is 3. The van der Waals surface area contributed by atoms with E-state index in [0.29, 0.717) is 12.6 Å². The Morgan fingerprint density at radius 1 is 1.30 bits per heavy atom. The molecule has 2 unspecified atom stereocenters. The molecule has 0 amide bonds. The Balaban J connectivity index is 1.69. The lowest BCUT2D eigenvalue weighted by Crippen LogP contribution is -2.44. The molecule has 1 fully saturated rings. The first-order chi connectivity index (χ1) is 11.2. The standard InChI is InChI=1S/C17H27N3O3/c1-13(23-15-8-6-14(21-3)7-9-15)11-19-17(18-2)20-12-16-5-4-10-22-16/h6-9,13,16H,4-5,10-12H2,1-3H3,(H2,18,19,20). The third-order valence-electron chi connectivity index (χ3n) is 3.70. The van der Waals surface area contributed by atoms with Gasteiger partial charge in [-0.2, -0.15) is 0 Å². The molecule has 0 aliphatic carbocycles. The Kier molecular flexibility index (Phi) is 7.00. The molecule has 23 heavy (non-hydrogen) atoms. The fourth-order valence-corrected chi connectivity index (χ4v) is 2.41. The smallest absolute Gasteiger partial charge is 0.191 e. The van der Waals surface area contributed by atoms with Crippen molar-refractivity contribution in [1.82, 2.24) is 10.6 Å². The van der Waals surface area contributed by atoms with Gasteiger partial charge in [0.2, 0.25) is 0 Å². The number of aliphatic imine (C=N–C) groups is 1. The third kappa shape index (κ3) is 5.98. The molecule has 6 nitrogen and oxygen atoms in total. The van der Waals surface area contributed by atoms with E-state index in [0.717, 1.165) is 43.5 Å². The van der Waals surface area contributed by atoms with Gasteiger partial charge in [0.15, 0.2) is 5.96 Å². The molecule has 0 radical (unpaired) electrons. The number of hydrogen-bond acceptors (Lipinski definition) is 4. The van der Waals surface area contributed by atoms with E-state index in [4.69, 9.17) is 14.2 Å². The minimum atomic E-state index is 0.0182. The Morgan fingerprint density at radius 3 is 2.65 bits per heavy atom. The summed E-state index contributed by atoms with van der Waals surface area (Å²) in [5, 5.41) is 6.56. The van der Waals surface area contributed by atoms with Crippen LogP contribution < -0.4 is 20.1 Å². The van der Waals surface area contributed by atoms with Crippen molar-refractivity contribution in [2.24, 2.45) is 4.99 Å². The number of nitrogens with one attached hydrogen (secondary N) is 2. The van der Waals surface area contributed by atoms with E-state index in [-0.39, 0.29) is 6.10 Å². The van der Waals surface area contributed by atoms with Crippen LogP contribution in [0.25, 0.3) is 0 Å². The predicted molar refractivity (Wildman–Crippen MR) is 91.4 cm³/mol. The van der Waals surface area contributed by atoms with E-state index in [1.165, 1.54) is 0 Å². The quantitative estimate of drug-likeness (QED) is 0.592. The molecule has 1 aliphatic rings. The Morgan fingerprint density at radius 2 is 2.04 bits per heavy atom. The number of benzene rings is 1. The monoisotopic (exact) mass is 321 g/mol. The summed E-state index contributed by atoms with van der Waals surface area (Å²) in [6, 6.07) is 7.58. The largest absolute Gasteiger partial charge is 0.497 e. The summed E-state index contributed by atoms with van der Waals surface area (Å²) >= 11 is 0. The number of methoxy groups -OCH3 is 1. The average molecular weight is 321 g/mol. The number of hydrogen-bond donors (Lipinski definition) is 2.